The molecule has 1 fully saturated rings. The van der Waals surface area contributed by atoms with Crippen molar-refractivity contribution in [2.24, 2.45) is 0 Å². The second-order valence-corrected chi connectivity index (χ2v) is 7.68. The summed E-state index contributed by atoms with van der Waals surface area (Å²) in [5.74, 6) is 0.475. The number of nitrogens with one attached hydrogen (secondary N) is 3. The predicted molar refractivity (Wildman–Crippen MR) is 108 cm³/mol. The molecule has 0 unspecified atom stereocenters. The quantitative estimate of drug-likeness (QED) is 0.661. The van der Waals surface area contributed by atoms with E-state index in [1.807, 2.05) is 25.1 Å². The summed E-state index contributed by atoms with van der Waals surface area (Å²) in [6.07, 6.45) is 0. The summed E-state index contributed by atoms with van der Waals surface area (Å²) in [6, 6.07) is 10.1. The van der Waals surface area contributed by atoms with Crippen molar-refractivity contribution in [2.45, 2.75) is 13.5 Å². The third-order valence-electron chi connectivity index (χ3n) is 5.30. The van der Waals surface area contributed by atoms with Crippen LogP contribution in [0.1, 0.15) is 11.1 Å². The Labute approximate surface area is 170 Å². The molecule has 0 bridgehead atoms. The third kappa shape index (κ3) is 5.22. The number of quaternary nitrogens is 2. The Morgan fingerprint density at radius 1 is 1.18 bits per heavy atom. The molecule has 0 radical (unpaired) electrons. The lowest BCUT2D eigenvalue weighted by Crippen LogP contribution is -3.28. The molecular weight excluding hydrogens is 381 g/mol. The maximum Gasteiger partial charge on any atom is 0.279 e. The Morgan fingerprint density at radius 3 is 2.61 bits per heavy atom. The van der Waals surface area contributed by atoms with Gasteiger partial charge in [0.1, 0.15) is 44.3 Å². The third-order valence-corrected chi connectivity index (χ3v) is 5.71. The number of halogens is 2. The number of rotatable bonds is 6. The predicted octanol–water partition coefficient (Wildman–Crippen LogP) is 0.718. The molecule has 7 heteroatoms. The molecule has 3 rings (SSSR count). The van der Waals surface area contributed by atoms with Gasteiger partial charge in [0.15, 0.2) is 6.54 Å². The topological polar surface area (TPSA) is 47.2 Å². The lowest BCUT2D eigenvalue weighted by Gasteiger charge is -2.29. The highest BCUT2D eigenvalue weighted by molar-refractivity contribution is 6.31. The molecule has 1 aliphatic rings. The molecule has 1 amide bonds. The Hall–Kier alpha value is -2.15. The van der Waals surface area contributed by atoms with Gasteiger partial charge >= 0.3 is 0 Å². The number of amides is 1. The average molecular weight is 408 g/mol. The van der Waals surface area contributed by atoms with Crippen LogP contribution in [-0.4, -0.2) is 45.7 Å². The van der Waals surface area contributed by atoms with Crippen molar-refractivity contribution in [1.29, 1.82) is 0 Å². The second-order valence-electron chi connectivity index (χ2n) is 7.27. The summed E-state index contributed by atoms with van der Waals surface area (Å²) in [6.45, 7) is 6.71. The number of hydrogen-bond acceptors (Lipinski definition) is 2. The molecule has 1 heterocycles. The molecule has 2 aromatic carbocycles. The molecule has 5 nitrogen and oxygen atoms in total. The summed E-state index contributed by atoms with van der Waals surface area (Å²) in [4.78, 5) is 15.0. The van der Waals surface area contributed by atoms with Crippen molar-refractivity contribution in [1.82, 2.24) is 0 Å². The van der Waals surface area contributed by atoms with E-state index in [0.29, 0.717) is 11.6 Å². The number of piperazine rings is 1. The monoisotopic (exact) mass is 407 g/mol. The van der Waals surface area contributed by atoms with Gasteiger partial charge in [-0.05, 0) is 42.8 Å². The molecule has 0 saturated carbocycles. The van der Waals surface area contributed by atoms with Gasteiger partial charge in [-0.25, -0.2) is 4.39 Å². The highest BCUT2D eigenvalue weighted by Gasteiger charge is 2.26. The minimum atomic E-state index is -0.243. The van der Waals surface area contributed by atoms with Crippen molar-refractivity contribution < 1.29 is 23.7 Å². The first-order chi connectivity index (χ1) is 13.5. The number of benzene rings is 2. The molecule has 1 aliphatic heterocycles. The molecule has 3 N–H and O–H groups in total. The van der Waals surface area contributed by atoms with Crippen molar-refractivity contribution in [3.05, 3.63) is 58.4 Å². The Kier molecular flexibility index (Phi) is 6.88. The summed E-state index contributed by atoms with van der Waals surface area (Å²) in [7, 11) is 1.61. The van der Waals surface area contributed by atoms with Crippen LogP contribution in [0.15, 0.2) is 36.4 Å². The van der Waals surface area contributed by atoms with Crippen molar-refractivity contribution in [3.63, 3.8) is 0 Å². The number of carbonyl (C=O) groups excluding carboxylic acids is 1. The van der Waals surface area contributed by atoms with E-state index < -0.39 is 0 Å². The minimum Gasteiger partial charge on any atom is -0.496 e. The fourth-order valence-electron chi connectivity index (χ4n) is 3.63. The van der Waals surface area contributed by atoms with Crippen LogP contribution in [0.4, 0.5) is 10.1 Å². The molecule has 28 heavy (non-hydrogen) atoms. The zero-order chi connectivity index (χ0) is 20.1. The van der Waals surface area contributed by atoms with Gasteiger partial charge in [-0.1, -0.05) is 17.7 Å². The molecular formula is C21H27ClFN3O2+2. The maximum absolute atomic E-state index is 13.6. The van der Waals surface area contributed by atoms with Gasteiger partial charge in [0.05, 0.1) is 12.7 Å². The lowest BCUT2D eigenvalue weighted by molar-refractivity contribution is -1.02. The number of carbonyl (C=O) groups is 1. The van der Waals surface area contributed by atoms with Crippen LogP contribution in [0.2, 0.25) is 5.02 Å². The maximum atomic E-state index is 13.6. The highest BCUT2D eigenvalue weighted by atomic mass is 35.5. The summed E-state index contributed by atoms with van der Waals surface area (Å²) >= 11 is 6.11. The van der Waals surface area contributed by atoms with Crippen LogP contribution in [0.5, 0.6) is 5.75 Å². The van der Waals surface area contributed by atoms with Crippen LogP contribution in [0.25, 0.3) is 0 Å². The van der Waals surface area contributed by atoms with Gasteiger partial charge in [-0.2, -0.15) is 0 Å². The van der Waals surface area contributed by atoms with Gasteiger partial charge in [-0.15, -0.1) is 0 Å². The van der Waals surface area contributed by atoms with Crippen LogP contribution in [-0.2, 0) is 11.3 Å². The molecule has 0 atom stereocenters. The molecule has 150 valence electrons. The van der Waals surface area contributed by atoms with Gasteiger partial charge in [0.25, 0.3) is 5.91 Å². The number of anilines is 1. The fourth-order valence-corrected chi connectivity index (χ4v) is 3.80. The summed E-state index contributed by atoms with van der Waals surface area (Å²) < 4.78 is 18.9. The summed E-state index contributed by atoms with van der Waals surface area (Å²) in [5, 5.41) is 3.61. The minimum absolute atomic E-state index is 0.00406. The Morgan fingerprint density at radius 2 is 1.89 bits per heavy atom. The fraction of sp³-hybridized carbons (Fsp3) is 0.381. The first-order valence-electron chi connectivity index (χ1n) is 9.50. The zero-order valence-corrected chi connectivity index (χ0v) is 17.0. The van der Waals surface area contributed by atoms with Crippen molar-refractivity contribution in [2.75, 3.05) is 45.2 Å². The van der Waals surface area contributed by atoms with E-state index >= 15 is 0 Å². The van der Waals surface area contributed by atoms with E-state index in [0.717, 1.165) is 55.3 Å². The van der Waals surface area contributed by atoms with E-state index in [1.54, 1.807) is 19.2 Å². The smallest absolute Gasteiger partial charge is 0.279 e. The van der Waals surface area contributed by atoms with E-state index in [-0.39, 0.29) is 11.7 Å². The molecule has 0 aromatic heterocycles. The largest absolute Gasteiger partial charge is 0.496 e. The van der Waals surface area contributed by atoms with Gasteiger partial charge in [-0.3, -0.25) is 4.79 Å². The molecule has 0 spiro atoms. The average Bonchev–Trinajstić information content (AvgIpc) is 2.67. The van der Waals surface area contributed by atoms with Crippen LogP contribution in [0, 0.1) is 12.7 Å². The van der Waals surface area contributed by atoms with Gasteiger partial charge < -0.3 is 19.9 Å². The van der Waals surface area contributed by atoms with E-state index in [4.69, 9.17) is 16.3 Å². The number of hydrogen-bond donors (Lipinski definition) is 3. The first kappa shape index (κ1) is 20.6. The number of methoxy groups -OCH3 is 1. The Balaban J connectivity index is 1.49. The van der Waals surface area contributed by atoms with Gasteiger partial charge in [0, 0.05) is 10.7 Å². The first-order valence-corrected chi connectivity index (χ1v) is 9.88. The van der Waals surface area contributed by atoms with E-state index in [9.17, 15) is 9.18 Å². The molecule has 2 aromatic rings. The second kappa shape index (κ2) is 9.37. The summed E-state index contributed by atoms with van der Waals surface area (Å²) in [5.41, 5.74) is 2.53. The Bertz CT molecular complexity index is 838. The molecule has 0 aliphatic carbocycles. The SMILES string of the molecule is COc1ccc(F)cc1C[NH+]1CC[NH+](CC(=O)Nc2cccc(Cl)c2C)CC1. The van der Waals surface area contributed by atoms with Crippen molar-refractivity contribution in [3.8, 4) is 5.75 Å². The van der Waals surface area contributed by atoms with E-state index in [1.165, 1.54) is 15.9 Å². The standard InChI is InChI=1S/C21H25ClFN3O2/c1-15-18(22)4-3-5-19(15)24-21(27)14-26-10-8-25(9-11-26)13-16-12-17(23)6-7-20(16)28-2/h3-7,12H,8-11,13-14H2,1-2H3,(H,24,27)/p+2. The lowest BCUT2D eigenvalue weighted by atomic mass is 10.1. The normalized spacial score (nSPS) is 19.3. The van der Waals surface area contributed by atoms with Crippen LogP contribution >= 0.6 is 11.6 Å². The van der Waals surface area contributed by atoms with E-state index in [2.05, 4.69) is 5.32 Å². The van der Waals surface area contributed by atoms with Crippen molar-refractivity contribution >= 4 is 23.2 Å². The molecule has 1 saturated heterocycles. The zero-order valence-electron chi connectivity index (χ0n) is 16.3. The highest BCUT2D eigenvalue weighted by Crippen LogP contribution is 2.22. The van der Waals surface area contributed by atoms with Crippen LogP contribution in [0.3, 0.4) is 0 Å². The van der Waals surface area contributed by atoms with Gasteiger partial charge in [0.2, 0.25) is 0 Å². The van der Waals surface area contributed by atoms with Crippen LogP contribution < -0.4 is 19.9 Å². The number of ether oxygens (including phenoxy) is 1.